The van der Waals surface area contributed by atoms with Crippen LogP contribution in [-0.4, -0.2) is 9.91 Å². The van der Waals surface area contributed by atoms with E-state index >= 15 is 0 Å². The number of rotatable bonds is 1. The molecular formula is C9H4ClFN2O2. The normalized spacial score (nSPS) is 10.5. The summed E-state index contributed by atoms with van der Waals surface area (Å²) in [6.07, 6.45) is 1.06. The Bertz CT molecular complexity index is 559. The molecule has 0 saturated carbocycles. The number of pyridine rings is 1. The third-order valence-corrected chi connectivity index (χ3v) is 2.34. The highest BCUT2D eigenvalue weighted by Crippen LogP contribution is 2.30. The molecule has 0 unspecified atom stereocenters. The molecule has 2 aromatic rings. The number of halogens is 2. The Balaban J connectivity index is 2.82. The summed E-state index contributed by atoms with van der Waals surface area (Å²) in [5, 5.41) is 10.7. The van der Waals surface area contributed by atoms with E-state index in [-0.39, 0.29) is 16.1 Å². The number of hydrogen-bond donors (Lipinski definition) is 0. The Labute approximate surface area is 88.5 Å². The number of hydrogen-bond acceptors (Lipinski definition) is 3. The summed E-state index contributed by atoms with van der Waals surface area (Å²) in [5.74, 6) is -0.508. The van der Waals surface area contributed by atoms with Crippen molar-refractivity contribution in [1.82, 2.24) is 4.98 Å². The largest absolute Gasteiger partial charge is 0.306 e. The van der Waals surface area contributed by atoms with Crippen LogP contribution in [0, 0.1) is 15.9 Å². The minimum atomic E-state index is -0.653. The van der Waals surface area contributed by atoms with Crippen LogP contribution >= 0.6 is 11.6 Å². The zero-order chi connectivity index (χ0) is 11.0. The van der Waals surface area contributed by atoms with Crippen molar-refractivity contribution in [2.75, 3.05) is 0 Å². The minimum Gasteiger partial charge on any atom is -0.258 e. The maximum Gasteiger partial charge on any atom is 0.306 e. The molecule has 6 heteroatoms. The molecule has 0 amide bonds. The van der Waals surface area contributed by atoms with Crippen LogP contribution in [0.1, 0.15) is 0 Å². The van der Waals surface area contributed by atoms with Gasteiger partial charge in [-0.3, -0.25) is 10.1 Å². The molecule has 1 aromatic heterocycles. The Morgan fingerprint density at radius 3 is 2.87 bits per heavy atom. The summed E-state index contributed by atoms with van der Waals surface area (Å²) in [5.41, 5.74) is 0.0989. The first-order valence-corrected chi connectivity index (χ1v) is 4.35. The lowest BCUT2D eigenvalue weighted by Gasteiger charge is -2.00. The molecule has 0 radical (unpaired) electrons. The second-order valence-electron chi connectivity index (χ2n) is 2.88. The average molecular weight is 227 g/mol. The molecule has 0 spiro atoms. The van der Waals surface area contributed by atoms with Gasteiger partial charge in [-0.2, -0.15) is 0 Å². The van der Waals surface area contributed by atoms with Gasteiger partial charge in [-0.15, -0.1) is 0 Å². The number of nitrogens with zero attached hydrogens (tertiary/aromatic N) is 2. The predicted octanol–water partition coefficient (Wildman–Crippen LogP) is 2.94. The molecule has 0 saturated heterocycles. The van der Waals surface area contributed by atoms with Crippen LogP contribution in [-0.2, 0) is 0 Å². The first-order valence-electron chi connectivity index (χ1n) is 3.98. The molecule has 0 aliphatic carbocycles. The molecule has 1 heterocycles. The predicted molar refractivity (Wildman–Crippen MR) is 53.4 cm³/mol. The van der Waals surface area contributed by atoms with E-state index in [4.69, 9.17) is 11.6 Å². The van der Waals surface area contributed by atoms with Gasteiger partial charge in [0.25, 0.3) is 0 Å². The highest BCUT2D eigenvalue weighted by molar-refractivity contribution is 6.37. The van der Waals surface area contributed by atoms with Gasteiger partial charge in [0.2, 0.25) is 0 Å². The molecule has 76 valence electrons. The molecule has 0 bridgehead atoms. The molecule has 15 heavy (non-hydrogen) atoms. The lowest BCUT2D eigenvalue weighted by molar-refractivity contribution is -0.384. The Kier molecular flexibility index (Phi) is 2.24. The number of nitro groups is 1. The van der Waals surface area contributed by atoms with E-state index in [2.05, 4.69) is 4.98 Å². The monoisotopic (exact) mass is 226 g/mol. The van der Waals surface area contributed by atoms with Crippen LogP contribution in [0.25, 0.3) is 10.9 Å². The smallest absolute Gasteiger partial charge is 0.258 e. The van der Waals surface area contributed by atoms with Crippen molar-refractivity contribution >= 4 is 28.2 Å². The minimum absolute atomic E-state index is 0.0931. The third-order valence-electron chi connectivity index (χ3n) is 1.94. The Morgan fingerprint density at radius 2 is 2.20 bits per heavy atom. The standard InChI is InChI=1S/C9H4ClFN2O2/c10-9-6-3-5(11)1-2-7(6)12-4-8(9)13(14)15/h1-4H. The van der Waals surface area contributed by atoms with E-state index in [1.54, 1.807) is 0 Å². The van der Waals surface area contributed by atoms with E-state index in [1.807, 2.05) is 0 Å². The van der Waals surface area contributed by atoms with Gasteiger partial charge >= 0.3 is 5.69 Å². The van der Waals surface area contributed by atoms with Gasteiger partial charge < -0.3 is 0 Å². The van der Waals surface area contributed by atoms with Crippen molar-refractivity contribution in [3.05, 3.63) is 45.4 Å². The van der Waals surface area contributed by atoms with Crippen molar-refractivity contribution < 1.29 is 9.31 Å². The molecule has 0 aliphatic heterocycles. The SMILES string of the molecule is O=[N+]([O-])c1cnc2ccc(F)cc2c1Cl. The van der Waals surface area contributed by atoms with Crippen molar-refractivity contribution in [3.63, 3.8) is 0 Å². The summed E-state index contributed by atoms with van der Waals surface area (Å²) < 4.78 is 12.9. The van der Waals surface area contributed by atoms with Gasteiger partial charge in [-0.1, -0.05) is 11.6 Å². The van der Waals surface area contributed by atoms with Crippen LogP contribution in [0.15, 0.2) is 24.4 Å². The fourth-order valence-electron chi connectivity index (χ4n) is 1.25. The molecule has 0 atom stereocenters. The first-order chi connectivity index (χ1) is 7.09. The average Bonchev–Trinajstić information content (AvgIpc) is 2.19. The molecule has 4 nitrogen and oxygen atoms in total. The molecule has 1 aromatic carbocycles. The van der Waals surface area contributed by atoms with Gasteiger partial charge in [-0.25, -0.2) is 9.37 Å². The summed E-state index contributed by atoms with van der Waals surface area (Å²) in [6.45, 7) is 0. The van der Waals surface area contributed by atoms with E-state index in [0.717, 1.165) is 12.3 Å². The summed E-state index contributed by atoms with van der Waals surface area (Å²) in [7, 11) is 0. The molecule has 0 fully saturated rings. The quantitative estimate of drug-likeness (QED) is 0.555. The van der Waals surface area contributed by atoms with Crippen molar-refractivity contribution in [2.45, 2.75) is 0 Å². The number of aromatic nitrogens is 1. The zero-order valence-electron chi connectivity index (χ0n) is 7.28. The van der Waals surface area contributed by atoms with Crippen LogP contribution in [0.5, 0.6) is 0 Å². The molecule has 2 rings (SSSR count). The van der Waals surface area contributed by atoms with Gasteiger partial charge in [0.1, 0.15) is 17.0 Å². The zero-order valence-corrected chi connectivity index (χ0v) is 8.03. The van der Waals surface area contributed by atoms with Crippen LogP contribution < -0.4 is 0 Å². The van der Waals surface area contributed by atoms with Crippen molar-refractivity contribution in [2.24, 2.45) is 0 Å². The maximum absolute atomic E-state index is 12.9. The topological polar surface area (TPSA) is 56.0 Å². The van der Waals surface area contributed by atoms with E-state index in [1.165, 1.54) is 12.1 Å². The number of benzene rings is 1. The molecule has 0 aliphatic rings. The van der Waals surface area contributed by atoms with E-state index in [9.17, 15) is 14.5 Å². The Morgan fingerprint density at radius 1 is 1.47 bits per heavy atom. The van der Waals surface area contributed by atoms with Crippen LogP contribution in [0.4, 0.5) is 10.1 Å². The lowest BCUT2D eigenvalue weighted by atomic mass is 10.2. The van der Waals surface area contributed by atoms with Crippen molar-refractivity contribution in [3.8, 4) is 0 Å². The summed E-state index contributed by atoms with van der Waals surface area (Å²) in [4.78, 5) is 13.7. The van der Waals surface area contributed by atoms with Crippen LogP contribution in [0.2, 0.25) is 5.02 Å². The van der Waals surface area contributed by atoms with Crippen molar-refractivity contribution in [1.29, 1.82) is 0 Å². The van der Waals surface area contributed by atoms with Gasteiger partial charge in [0, 0.05) is 5.39 Å². The Hall–Kier alpha value is -1.75. The maximum atomic E-state index is 12.9. The fourth-order valence-corrected chi connectivity index (χ4v) is 1.52. The van der Waals surface area contributed by atoms with E-state index in [0.29, 0.717) is 5.52 Å². The highest BCUT2D eigenvalue weighted by Gasteiger charge is 2.16. The van der Waals surface area contributed by atoms with Gasteiger partial charge in [0.15, 0.2) is 0 Å². The second-order valence-corrected chi connectivity index (χ2v) is 3.25. The number of fused-ring (bicyclic) bond motifs is 1. The van der Waals surface area contributed by atoms with Gasteiger partial charge in [-0.05, 0) is 18.2 Å². The summed E-state index contributed by atoms with van der Waals surface area (Å²) in [6, 6.07) is 3.76. The second kappa shape index (κ2) is 3.43. The summed E-state index contributed by atoms with van der Waals surface area (Å²) >= 11 is 5.76. The first kappa shape index (κ1) is 9.79. The highest BCUT2D eigenvalue weighted by atomic mass is 35.5. The lowest BCUT2D eigenvalue weighted by Crippen LogP contribution is -1.92. The molecule has 0 N–H and O–H groups in total. The fraction of sp³-hybridized carbons (Fsp3) is 0. The third kappa shape index (κ3) is 1.61. The van der Waals surface area contributed by atoms with E-state index < -0.39 is 10.7 Å². The van der Waals surface area contributed by atoms with Crippen LogP contribution in [0.3, 0.4) is 0 Å². The van der Waals surface area contributed by atoms with Gasteiger partial charge in [0.05, 0.1) is 10.4 Å². The molecular weight excluding hydrogens is 223 g/mol.